The van der Waals surface area contributed by atoms with Crippen LogP contribution >= 0.6 is 0 Å². The van der Waals surface area contributed by atoms with E-state index < -0.39 is 0 Å². The molecule has 205 valence electrons. The molecule has 0 bridgehead atoms. The standard InChI is InChI=1S/CH3B64O/c1-66-65-64-63-62-61-60-59-58-57-56-55-54-53-52-51-50-49-48-47-46-45-44-43-42-41-40-39-38-37-36-35-34-33-32-31-30-29-28-27-26-25-24-23-22-21-20-19-18-17-16-15-14-13-12-11-10-9-8-7-6-5-4-3-2/h1H3. The van der Waals surface area contributed by atoms with Crippen LogP contribution in [0.25, 0.3) is 0 Å². The van der Waals surface area contributed by atoms with Crippen LogP contribution in [-0.4, -0.2) is 436 Å². The van der Waals surface area contributed by atoms with Crippen molar-refractivity contribution in [3.8, 4) is 0 Å². The Morgan fingerprint density at radius 1 is 0.152 bits per heavy atom. The Hall–Kier alpha value is 3.96. The summed E-state index contributed by atoms with van der Waals surface area (Å²) < 4.78 is 4.82. The van der Waals surface area contributed by atoms with Gasteiger partial charge in [0, 0.05) is 0 Å². The molecule has 1 radical (unpaired) electrons. The molecule has 0 saturated heterocycles. The van der Waals surface area contributed by atoms with Crippen molar-refractivity contribution in [1.29, 1.82) is 0 Å². The molecule has 0 aliphatic rings. The summed E-state index contributed by atoms with van der Waals surface area (Å²) in [4.78, 5) is 0. The van der Waals surface area contributed by atoms with Gasteiger partial charge < -0.3 is 0 Å². The average molecular weight is 723 g/mol. The van der Waals surface area contributed by atoms with Gasteiger partial charge in [0.2, 0.25) is 0 Å². The van der Waals surface area contributed by atoms with Crippen molar-refractivity contribution in [2.24, 2.45) is 0 Å². The van der Waals surface area contributed by atoms with Crippen LogP contribution < -0.4 is 0 Å². The molecule has 1 nitrogen and oxygen atoms in total. The van der Waals surface area contributed by atoms with Crippen LogP contribution in [0.3, 0.4) is 0 Å². The summed E-state index contributed by atoms with van der Waals surface area (Å²) in [6.07, 6.45) is 0. The molecule has 0 aliphatic carbocycles. The van der Waals surface area contributed by atoms with Crippen LogP contribution in [0, 0.1) is 0 Å². The number of hydrogen-bond donors (Lipinski definition) is 0. The second-order valence-corrected chi connectivity index (χ2v) is 12.3. The fourth-order valence-corrected chi connectivity index (χ4v) is 3.97. The minimum absolute atomic E-state index is 1.50. The molecule has 0 N–H and O–H groups in total. The second-order valence-electron chi connectivity index (χ2n) is 12.3. The molecule has 0 amide bonds. The Kier molecular flexibility index (Phi) is 73.1. The van der Waals surface area contributed by atoms with Crippen molar-refractivity contribution in [2.75, 3.05) is 7.11 Å². The Morgan fingerprint density at radius 2 is 0.242 bits per heavy atom. The van der Waals surface area contributed by atoms with Crippen LogP contribution in [0.5, 0.6) is 0 Å². The Labute approximate surface area is 437 Å². The van der Waals surface area contributed by atoms with Crippen LogP contribution in [0.2, 0.25) is 0 Å². The molecule has 0 aromatic rings. The van der Waals surface area contributed by atoms with E-state index in [1.54, 1.807) is 20.8 Å². The molecular formula is CH3B64O. The van der Waals surface area contributed by atoms with Crippen molar-refractivity contribution in [3.63, 3.8) is 0 Å². The summed E-state index contributed by atoms with van der Waals surface area (Å²) >= 11 is 0. The average Bonchev–Trinajstić information content (AvgIpc) is 3.33. The van der Waals surface area contributed by atoms with Crippen LogP contribution in [0.1, 0.15) is 0 Å². The molecule has 0 rings (SSSR count). The maximum absolute atomic E-state index is 5.26. The third kappa shape index (κ3) is 68.0. The molecule has 0 aliphatic heterocycles. The predicted octanol–water partition coefficient (Wildman–Crippen LogP) is -24.3. The normalized spacial score (nSPS) is 7.76. The van der Waals surface area contributed by atoms with Crippen molar-refractivity contribution in [3.05, 3.63) is 0 Å². The first-order valence-corrected chi connectivity index (χ1v) is 21.6. The van der Waals surface area contributed by atoms with Gasteiger partial charge >= 0.3 is 441 Å². The Bertz CT molecular complexity index is 2210. The van der Waals surface area contributed by atoms with Crippen molar-refractivity contribution in [1.82, 2.24) is 0 Å². The Balaban J connectivity index is 4.08. The fourth-order valence-electron chi connectivity index (χ4n) is 3.97. The SMILES string of the molecule is [B]=BB=BB=BB=BB=BB=BB=BB=BB=BB=BB=BB=BB=BB=BB=BB=BB=BB=BB=BB=BB=BB=BB=BB=BB=BB=BB=BB=BB=BB=BB=BB=BOC. The Morgan fingerprint density at radius 3 is 0.333 bits per heavy atom. The van der Waals surface area contributed by atoms with Gasteiger partial charge in [-0.1, -0.05) is 0 Å². The zero-order chi connectivity index (χ0) is 47.3. The predicted molar refractivity (Wildman–Crippen MR) is 375 cm³/mol. The summed E-state index contributed by atoms with van der Waals surface area (Å²) in [6, 6.07) is 0. The van der Waals surface area contributed by atoms with E-state index in [-0.39, 0.29) is 0 Å². The van der Waals surface area contributed by atoms with Gasteiger partial charge in [0.25, 0.3) is 0 Å². The fraction of sp³-hybridized carbons (Fsp3) is 1.00. The molecule has 0 saturated carbocycles. The number of rotatable bonds is 32. The van der Waals surface area contributed by atoms with Gasteiger partial charge in [-0.15, -0.1) is 0 Å². The van der Waals surface area contributed by atoms with Gasteiger partial charge in [0.15, 0.2) is 0 Å². The topological polar surface area (TPSA) is 9.23 Å². The van der Waals surface area contributed by atoms with Gasteiger partial charge in [0.1, 0.15) is 0 Å². The van der Waals surface area contributed by atoms with E-state index in [4.69, 9.17) is 12.0 Å². The van der Waals surface area contributed by atoms with Crippen molar-refractivity contribution in [2.45, 2.75) is 0 Å². The van der Waals surface area contributed by atoms with E-state index in [2.05, 4.69) is 0 Å². The van der Waals surface area contributed by atoms with Gasteiger partial charge in [0.05, 0.1) is 0 Å². The third-order valence-electron chi connectivity index (χ3n) is 6.99. The van der Waals surface area contributed by atoms with Gasteiger partial charge in [-0.05, 0) is 0 Å². The number of hydrogen-bond acceptors (Lipinski definition) is 1. The van der Waals surface area contributed by atoms with Gasteiger partial charge in [-0.25, -0.2) is 0 Å². The van der Waals surface area contributed by atoms with Crippen LogP contribution in [0.4, 0.5) is 0 Å². The van der Waals surface area contributed by atoms with E-state index in [9.17, 15) is 0 Å². The molecule has 0 aromatic heterocycles. The monoisotopic (exact) mass is 736 g/mol. The van der Waals surface area contributed by atoms with Crippen LogP contribution in [-0.2, 0) is 4.65 Å². The van der Waals surface area contributed by atoms with Crippen molar-refractivity contribution < 1.29 is 4.65 Å². The molecule has 0 heterocycles. The minimum atomic E-state index is 1.50. The zero-order valence-corrected chi connectivity index (χ0v) is 38.4. The van der Waals surface area contributed by atoms with E-state index in [0.29, 0.717) is 0 Å². The molecule has 0 fully saturated rings. The van der Waals surface area contributed by atoms with Gasteiger partial charge in [-0.2, -0.15) is 0 Å². The molecule has 0 atom stereocenters. The van der Waals surface area contributed by atoms with Crippen molar-refractivity contribution >= 4 is 429 Å². The molecule has 0 spiro atoms. The first kappa shape index (κ1) is 70.0. The molecular weight excluding hydrogens is 720 g/mol. The molecule has 0 unspecified atom stereocenters. The molecule has 0 aromatic carbocycles. The quantitative estimate of drug-likeness (QED) is 0.0628. The van der Waals surface area contributed by atoms with Gasteiger partial charge in [-0.3, -0.25) is 0 Å². The summed E-state index contributed by atoms with van der Waals surface area (Å²) in [6.45, 7) is 122. The van der Waals surface area contributed by atoms with Crippen LogP contribution in [0.15, 0.2) is 0 Å². The second kappa shape index (κ2) is 69.0. The van der Waals surface area contributed by atoms with E-state index >= 15 is 0 Å². The van der Waals surface area contributed by atoms with E-state index in [1.807, 2.05) is 402 Å². The van der Waals surface area contributed by atoms with E-state index in [1.165, 1.54) is 6.69 Å². The third-order valence-corrected chi connectivity index (χ3v) is 6.99. The molecule has 65 heteroatoms. The molecule has 66 heavy (non-hydrogen) atoms. The summed E-state index contributed by atoms with van der Waals surface area (Å²) in [5.74, 6) is 0. The van der Waals surface area contributed by atoms with E-state index in [0.717, 1.165) is 0 Å². The maximum atomic E-state index is 5.26. The summed E-state index contributed by atoms with van der Waals surface area (Å²) in [5, 5.41) is 0. The summed E-state index contributed by atoms with van der Waals surface area (Å²) in [5.41, 5.74) is 0. The first-order valence-electron chi connectivity index (χ1n) is 21.6. The zero-order valence-electron chi connectivity index (χ0n) is 38.4. The summed E-state index contributed by atoms with van der Waals surface area (Å²) in [7, 11) is 8.51. The first-order chi connectivity index (χ1) is 32.9.